The van der Waals surface area contributed by atoms with Gasteiger partial charge in [0.25, 0.3) is 0 Å². The van der Waals surface area contributed by atoms with Gasteiger partial charge < -0.3 is 14.4 Å². The fourth-order valence-electron chi connectivity index (χ4n) is 5.18. The van der Waals surface area contributed by atoms with E-state index in [1.165, 1.54) is 12.3 Å². The lowest BCUT2D eigenvalue weighted by Crippen LogP contribution is -2.36. The summed E-state index contributed by atoms with van der Waals surface area (Å²) in [6, 6.07) is 9.60. The van der Waals surface area contributed by atoms with Gasteiger partial charge in [0.05, 0.1) is 42.8 Å². The highest BCUT2D eigenvalue weighted by Crippen LogP contribution is 2.42. The summed E-state index contributed by atoms with van der Waals surface area (Å²) in [6.45, 7) is 2.44. The molecule has 1 saturated heterocycles. The number of aliphatic hydroxyl groups is 1. The van der Waals surface area contributed by atoms with E-state index in [0.29, 0.717) is 24.3 Å². The topological polar surface area (TPSA) is 63.4 Å². The molecule has 2 fully saturated rings. The number of likely N-dealkylation sites (tertiary alicyclic amines) is 1. The molecule has 152 valence electrons. The molecule has 0 amide bonds. The van der Waals surface area contributed by atoms with Crippen LogP contribution in [0.4, 0.5) is 4.39 Å². The Bertz CT molecular complexity index is 1020. The van der Waals surface area contributed by atoms with E-state index in [0.717, 1.165) is 42.5 Å². The smallest absolute Gasteiger partial charge is 0.217 e. The van der Waals surface area contributed by atoms with E-state index in [4.69, 9.17) is 4.74 Å². The van der Waals surface area contributed by atoms with E-state index in [1.807, 2.05) is 24.5 Å². The van der Waals surface area contributed by atoms with Crippen molar-refractivity contribution < 1.29 is 14.2 Å². The molecule has 4 atom stereocenters. The predicted molar refractivity (Wildman–Crippen MR) is 107 cm³/mol. The third-order valence-corrected chi connectivity index (χ3v) is 6.50. The first-order valence-corrected chi connectivity index (χ1v) is 10.1. The quantitative estimate of drug-likeness (QED) is 0.735. The number of nitrogens with zero attached hydrogens (tertiary/aromatic N) is 4. The zero-order chi connectivity index (χ0) is 20.0. The minimum atomic E-state index is -0.390. The Morgan fingerprint density at radius 2 is 1.97 bits per heavy atom. The van der Waals surface area contributed by atoms with Crippen LogP contribution >= 0.6 is 0 Å². The number of rotatable bonds is 4. The number of benzene rings is 1. The maximum atomic E-state index is 13.7. The van der Waals surface area contributed by atoms with Crippen molar-refractivity contribution in [2.75, 3.05) is 20.2 Å². The Morgan fingerprint density at radius 1 is 1.17 bits per heavy atom. The monoisotopic (exact) mass is 396 g/mol. The molecule has 29 heavy (non-hydrogen) atoms. The number of aromatic nitrogens is 3. The zero-order valence-electron chi connectivity index (χ0n) is 16.4. The molecular weight excluding hydrogens is 371 g/mol. The molecule has 7 heteroatoms. The number of ether oxygens (including phenoxy) is 1. The molecule has 0 radical (unpaired) electrons. The Hall–Kier alpha value is -2.51. The van der Waals surface area contributed by atoms with Crippen LogP contribution in [0.2, 0.25) is 0 Å². The van der Waals surface area contributed by atoms with Crippen molar-refractivity contribution in [2.45, 2.75) is 31.5 Å². The number of hydrogen-bond donors (Lipinski definition) is 1. The number of hydrogen-bond acceptors (Lipinski definition) is 5. The van der Waals surface area contributed by atoms with Gasteiger partial charge in [-0.15, -0.1) is 0 Å². The molecule has 6 nitrogen and oxygen atoms in total. The summed E-state index contributed by atoms with van der Waals surface area (Å²) in [7, 11) is 1.56. The van der Waals surface area contributed by atoms with Crippen LogP contribution in [-0.2, 0) is 6.54 Å². The highest BCUT2D eigenvalue weighted by molar-refractivity contribution is 5.75. The molecule has 3 heterocycles. The predicted octanol–water partition coefficient (Wildman–Crippen LogP) is 3.02. The van der Waals surface area contributed by atoms with Gasteiger partial charge in [0.2, 0.25) is 5.88 Å². The molecule has 1 aliphatic carbocycles. The average molecular weight is 396 g/mol. The fraction of sp³-hybridized carbons (Fsp3) is 0.455. The number of para-hydroxylation sites is 2. The van der Waals surface area contributed by atoms with Crippen molar-refractivity contribution in [3.05, 3.63) is 54.2 Å². The number of methoxy groups -OCH3 is 1. The molecule has 2 aromatic heterocycles. The highest BCUT2D eigenvalue weighted by atomic mass is 19.1. The Balaban J connectivity index is 1.33. The van der Waals surface area contributed by atoms with Crippen LogP contribution in [0.15, 0.2) is 42.9 Å². The van der Waals surface area contributed by atoms with E-state index < -0.39 is 0 Å². The van der Waals surface area contributed by atoms with Gasteiger partial charge in [-0.05, 0) is 42.9 Å². The molecular formula is C22H25FN4O2. The van der Waals surface area contributed by atoms with Crippen LogP contribution in [0.3, 0.4) is 0 Å². The molecule has 1 N–H and O–H groups in total. The largest absolute Gasteiger partial charge is 0.481 e. The SMILES string of the molecule is COc1ncc(F)cc1CN1C[C@H]2C[C@@H](n3cnc4ccccc43)[C@H](O)C[C@H]2C1. The Kier molecular flexibility index (Phi) is 4.72. The standard InChI is InChI=1S/C22H25FN4O2/c1-29-22-16(6-17(23)9-24-22)12-26-10-14-7-20(21(28)8-15(14)11-26)27-13-25-18-4-2-3-5-19(18)27/h2-6,9,13-15,20-21,28H,7-8,10-12H2,1H3/t14-,15+,20-,21-/m1/s1. The third-order valence-electron chi connectivity index (χ3n) is 6.50. The Morgan fingerprint density at radius 3 is 2.79 bits per heavy atom. The van der Waals surface area contributed by atoms with Crippen molar-refractivity contribution in [3.8, 4) is 5.88 Å². The van der Waals surface area contributed by atoms with Gasteiger partial charge in [0.15, 0.2) is 0 Å². The minimum Gasteiger partial charge on any atom is -0.481 e. The highest BCUT2D eigenvalue weighted by Gasteiger charge is 2.42. The van der Waals surface area contributed by atoms with E-state index >= 15 is 0 Å². The van der Waals surface area contributed by atoms with Gasteiger partial charge in [0.1, 0.15) is 5.82 Å². The number of pyridine rings is 1. The van der Waals surface area contributed by atoms with Crippen molar-refractivity contribution in [2.24, 2.45) is 11.8 Å². The van der Waals surface area contributed by atoms with Gasteiger partial charge in [-0.25, -0.2) is 14.4 Å². The molecule has 1 aliphatic heterocycles. The van der Waals surface area contributed by atoms with E-state index in [9.17, 15) is 9.50 Å². The van der Waals surface area contributed by atoms with Crippen LogP contribution < -0.4 is 4.74 Å². The summed E-state index contributed by atoms with van der Waals surface area (Å²) in [6.07, 6.45) is 4.34. The summed E-state index contributed by atoms with van der Waals surface area (Å²) in [5.74, 6) is 1.07. The van der Waals surface area contributed by atoms with Gasteiger partial charge in [-0.2, -0.15) is 0 Å². The molecule has 0 unspecified atom stereocenters. The van der Waals surface area contributed by atoms with E-state index in [1.54, 1.807) is 7.11 Å². The number of halogens is 1. The summed E-state index contributed by atoms with van der Waals surface area (Å²) in [4.78, 5) is 10.9. The van der Waals surface area contributed by atoms with Crippen molar-refractivity contribution >= 4 is 11.0 Å². The number of aliphatic hydroxyl groups excluding tert-OH is 1. The first-order valence-electron chi connectivity index (χ1n) is 10.1. The number of fused-ring (bicyclic) bond motifs is 2. The molecule has 0 bridgehead atoms. The van der Waals surface area contributed by atoms with Crippen molar-refractivity contribution in [1.29, 1.82) is 0 Å². The average Bonchev–Trinajstić information content (AvgIpc) is 3.30. The normalized spacial score (nSPS) is 27.3. The van der Waals surface area contributed by atoms with Crippen LogP contribution in [0.5, 0.6) is 5.88 Å². The van der Waals surface area contributed by atoms with Gasteiger partial charge >= 0.3 is 0 Å². The first-order chi connectivity index (χ1) is 14.1. The maximum absolute atomic E-state index is 13.7. The molecule has 2 aliphatic rings. The fourth-order valence-corrected chi connectivity index (χ4v) is 5.18. The lowest BCUT2D eigenvalue weighted by molar-refractivity contribution is 0.0374. The van der Waals surface area contributed by atoms with Crippen LogP contribution in [0.25, 0.3) is 11.0 Å². The van der Waals surface area contributed by atoms with Crippen molar-refractivity contribution in [3.63, 3.8) is 0 Å². The molecule has 3 aromatic rings. The van der Waals surface area contributed by atoms with Crippen LogP contribution in [0.1, 0.15) is 24.4 Å². The second kappa shape index (κ2) is 7.39. The summed E-state index contributed by atoms with van der Waals surface area (Å²) in [5.41, 5.74) is 2.80. The van der Waals surface area contributed by atoms with Crippen LogP contribution in [0, 0.1) is 17.7 Å². The van der Waals surface area contributed by atoms with Gasteiger partial charge in [0, 0.05) is 25.2 Å². The molecule has 1 saturated carbocycles. The van der Waals surface area contributed by atoms with Gasteiger partial charge in [-0.1, -0.05) is 12.1 Å². The molecule has 1 aromatic carbocycles. The second-order valence-electron chi connectivity index (χ2n) is 8.28. The Labute approximate surface area is 168 Å². The summed E-state index contributed by atoms with van der Waals surface area (Å²) >= 11 is 0. The number of imidazole rings is 1. The summed E-state index contributed by atoms with van der Waals surface area (Å²) in [5, 5.41) is 10.9. The zero-order valence-corrected chi connectivity index (χ0v) is 16.4. The molecule has 5 rings (SSSR count). The summed E-state index contributed by atoms with van der Waals surface area (Å²) < 4.78 is 21.1. The van der Waals surface area contributed by atoms with E-state index in [-0.39, 0.29) is 18.0 Å². The third kappa shape index (κ3) is 3.38. The van der Waals surface area contributed by atoms with E-state index in [2.05, 4.69) is 25.5 Å². The molecule has 0 spiro atoms. The first kappa shape index (κ1) is 18.5. The van der Waals surface area contributed by atoms with Gasteiger partial charge in [-0.3, -0.25) is 4.90 Å². The maximum Gasteiger partial charge on any atom is 0.217 e. The lowest BCUT2D eigenvalue weighted by atomic mass is 9.77. The lowest BCUT2D eigenvalue weighted by Gasteiger charge is -2.36. The van der Waals surface area contributed by atoms with Crippen LogP contribution in [-0.4, -0.2) is 50.8 Å². The van der Waals surface area contributed by atoms with Crippen molar-refractivity contribution in [1.82, 2.24) is 19.4 Å². The minimum absolute atomic E-state index is 0.0361. The second-order valence-corrected chi connectivity index (χ2v) is 8.28.